The van der Waals surface area contributed by atoms with E-state index in [1.165, 1.54) is 0 Å². The maximum atomic E-state index is 6.09. The van der Waals surface area contributed by atoms with Crippen LogP contribution in [0.25, 0.3) is 11.3 Å². The Morgan fingerprint density at radius 1 is 1.12 bits per heavy atom. The van der Waals surface area contributed by atoms with Gasteiger partial charge in [-0.3, -0.25) is 4.98 Å². The standard InChI is InChI=1S/C11H7Cl3N2/c12-6-4-7(10(14)8(13)5-6)11-9(15)2-1-3-16-11/h1-5H,15H2. The van der Waals surface area contributed by atoms with Crippen LogP contribution in [0.3, 0.4) is 0 Å². The molecular weight excluding hydrogens is 266 g/mol. The van der Waals surface area contributed by atoms with Gasteiger partial charge in [-0.15, -0.1) is 0 Å². The molecular formula is C11H7Cl3N2. The zero-order chi connectivity index (χ0) is 11.7. The van der Waals surface area contributed by atoms with Crippen molar-refractivity contribution < 1.29 is 0 Å². The number of hydrogen-bond donors (Lipinski definition) is 1. The maximum Gasteiger partial charge on any atom is 0.0947 e. The summed E-state index contributed by atoms with van der Waals surface area (Å²) in [6.45, 7) is 0. The summed E-state index contributed by atoms with van der Waals surface area (Å²) in [5.74, 6) is 0. The van der Waals surface area contributed by atoms with Crippen LogP contribution in [-0.4, -0.2) is 4.98 Å². The number of halogens is 3. The normalized spacial score (nSPS) is 10.4. The lowest BCUT2D eigenvalue weighted by atomic mass is 10.1. The van der Waals surface area contributed by atoms with Gasteiger partial charge >= 0.3 is 0 Å². The first-order valence-corrected chi connectivity index (χ1v) is 5.58. The van der Waals surface area contributed by atoms with E-state index >= 15 is 0 Å². The molecule has 2 N–H and O–H groups in total. The van der Waals surface area contributed by atoms with Gasteiger partial charge in [-0.1, -0.05) is 34.8 Å². The van der Waals surface area contributed by atoms with E-state index in [-0.39, 0.29) is 0 Å². The van der Waals surface area contributed by atoms with Gasteiger partial charge in [-0.2, -0.15) is 0 Å². The Kier molecular flexibility index (Phi) is 3.24. The Morgan fingerprint density at radius 3 is 2.56 bits per heavy atom. The van der Waals surface area contributed by atoms with Crippen LogP contribution in [0.15, 0.2) is 30.5 Å². The molecule has 0 aliphatic carbocycles. The predicted molar refractivity (Wildman–Crippen MR) is 69.1 cm³/mol. The zero-order valence-electron chi connectivity index (χ0n) is 8.05. The molecule has 82 valence electrons. The van der Waals surface area contributed by atoms with Crippen LogP contribution in [-0.2, 0) is 0 Å². The summed E-state index contributed by atoms with van der Waals surface area (Å²) in [4.78, 5) is 4.16. The van der Waals surface area contributed by atoms with Gasteiger partial charge in [0.2, 0.25) is 0 Å². The fourth-order valence-electron chi connectivity index (χ4n) is 1.37. The van der Waals surface area contributed by atoms with E-state index in [0.717, 1.165) is 0 Å². The molecule has 0 fully saturated rings. The van der Waals surface area contributed by atoms with Crippen molar-refractivity contribution in [2.24, 2.45) is 0 Å². The maximum absolute atomic E-state index is 6.09. The van der Waals surface area contributed by atoms with Crippen molar-refractivity contribution in [2.45, 2.75) is 0 Å². The van der Waals surface area contributed by atoms with Gasteiger partial charge in [-0.05, 0) is 24.3 Å². The van der Waals surface area contributed by atoms with Crippen LogP contribution in [0, 0.1) is 0 Å². The zero-order valence-corrected chi connectivity index (χ0v) is 10.3. The first-order valence-electron chi connectivity index (χ1n) is 4.45. The molecule has 1 aromatic carbocycles. The summed E-state index contributed by atoms with van der Waals surface area (Å²) in [6.07, 6.45) is 1.64. The van der Waals surface area contributed by atoms with Gasteiger partial charge < -0.3 is 5.73 Å². The molecule has 0 saturated carbocycles. The minimum absolute atomic E-state index is 0.384. The van der Waals surface area contributed by atoms with E-state index in [2.05, 4.69) is 4.98 Å². The summed E-state index contributed by atoms with van der Waals surface area (Å²) in [5.41, 5.74) is 7.56. The van der Waals surface area contributed by atoms with E-state index in [0.29, 0.717) is 32.0 Å². The molecule has 16 heavy (non-hydrogen) atoms. The molecule has 0 bridgehead atoms. The molecule has 2 rings (SSSR count). The lowest BCUT2D eigenvalue weighted by Gasteiger charge is -2.08. The summed E-state index contributed by atoms with van der Waals surface area (Å²) in [6, 6.07) is 6.76. The molecule has 2 nitrogen and oxygen atoms in total. The molecule has 0 unspecified atom stereocenters. The number of nitrogens with two attached hydrogens (primary N) is 1. The molecule has 0 amide bonds. The number of aromatic nitrogens is 1. The van der Waals surface area contributed by atoms with Gasteiger partial charge in [0, 0.05) is 16.8 Å². The predicted octanol–water partition coefficient (Wildman–Crippen LogP) is 4.29. The minimum atomic E-state index is 0.384. The second-order valence-corrected chi connectivity index (χ2v) is 4.41. The van der Waals surface area contributed by atoms with Gasteiger partial charge in [0.15, 0.2) is 0 Å². The number of rotatable bonds is 1. The van der Waals surface area contributed by atoms with E-state index < -0.39 is 0 Å². The summed E-state index contributed by atoms with van der Waals surface area (Å²) in [7, 11) is 0. The van der Waals surface area contributed by atoms with Crippen LogP contribution in [0.4, 0.5) is 5.69 Å². The van der Waals surface area contributed by atoms with Gasteiger partial charge in [0.05, 0.1) is 21.4 Å². The van der Waals surface area contributed by atoms with Crippen LogP contribution in [0.1, 0.15) is 0 Å². The summed E-state index contributed by atoms with van der Waals surface area (Å²) in [5, 5.41) is 1.28. The van der Waals surface area contributed by atoms with Crippen molar-refractivity contribution >= 4 is 40.5 Å². The Bertz CT molecular complexity index is 541. The highest BCUT2D eigenvalue weighted by Gasteiger charge is 2.12. The number of nitrogen functional groups attached to an aromatic ring is 1. The van der Waals surface area contributed by atoms with Crippen LogP contribution >= 0.6 is 34.8 Å². The molecule has 0 atom stereocenters. The first-order chi connectivity index (χ1) is 7.59. The largest absolute Gasteiger partial charge is 0.397 e. The fourth-order valence-corrected chi connectivity index (χ4v) is 2.06. The number of nitrogens with zero attached hydrogens (tertiary/aromatic N) is 1. The number of benzene rings is 1. The lowest BCUT2D eigenvalue weighted by Crippen LogP contribution is -1.93. The quantitative estimate of drug-likeness (QED) is 0.787. The van der Waals surface area contributed by atoms with Crippen molar-refractivity contribution in [1.82, 2.24) is 4.98 Å². The molecule has 1 heterocycles. The third-order valence-corrected chi connectivity index (χ3v) is 3.11. The van der Waals surface area contributed by atoms with Crippen molar-refractivity contribution in [1.29, 1.82) is 0 Å². The van der Waals surface area contributed by atoms with E-state index in [1.54, 1.807) is 30.5 Å². The Morgan fingerprint density at radius 2 is 1.88 bits per heavy atom. The molecule has 0 spiro atoms. The van der Waals surface area contributed by atoms with Crippen molar-refractivity contribution in [2.75, 3.05) is 5.73 Å². The number of anilines is 1. The molecule has 0 saturated heterocycles. The van der Waals surface area contributed by atoms with Crippen molar-refractivity contribution in [3.05, 3.63) is 45.5 Å². The molecule has 0 radical (unpaired) electrons. The topological polar surface area (TPSA) is 38.9 Å². The molecule has 2 aromatic rings. The van der Waals surface area contributed by atoms with Gasteiger partial charge in [-0.25, -0.2) is 0 Å². The molecule has 0 aliphatic heterocycles. The number of hydrogen-bond acceptors (Lipinski definition) is 2. The Labute approximate surface area is 108 Å². The third kappa shape index (κ3) is 2.09. The lowest BCUT2D eigenvalue weighted by molar-refractivity contribution is 1.33. The second kappa shape index (κ2) is 4.50. The van der Waals surface area contributed by atoms with Crippen LogP contribution < -0.4 is 5.73 Å². The smallest absolute Gasteiger partial charge is 0.0947 e. The minimum Gasteiger partial charge on any atom is -0.397 e. The van der Waals surface area contributed by atoms with E-state index in [9.17, 15) is 0 Å². The van der Waals surface area contributed by atoms with Crippen LogP contribution in [0.5, 0.6) is 0 Å². The van der Waals surface area contributed by atoms with Crippen LogP contribution in [0.2, 0.25) is 15.1 Å². The average Bonchev–Trinajstić information content (AvgIpc) is 2.24. The summed E-state index contributed by atoms with van der Waals surface area (Å²) >= 11 is 17.9. The highest BCUT2D eigenvalue weighted by Crippen LogP contribution is 2.37. The first kappa shape index (κ1) is 11.5. The van der Waals surface area contributed by atoms with E-state index in [1.807, 2.05) is 0 Å². The molecule has 1 aromatic heterocycles. The molecule has 5 heteroatoms. The molecule has 0 aliphatic rings. The second-order valence-electron chi connectivity index (χ2n) is 3.19. The van der Waals surface area contributed by atoms with E-state index in [4.69, 9.17) is 40.5 Å². The number of pyridine rings is 1. The highest BCUT2D eigenvalue weighted by molar-refractivity contribution is 6.45. The third-order valence-electron chi connectivity index (χ3n) is 2.09. The Hall–Kier alpha value is -0.960. The highest BCUT2D eigenvalue weighted by atomic mass is 35.5. The van der Waals surface area contributed by atoms with Crippen molar-refractivity contribution in [3.8, 4) is 11.3 Å². The Balaban J connectivity index is 2.69. The monoisotopic (exact) mass is 272 g/mol. The average molecular weight is 274 g/mol. The SMILES string of the molecule is Nc1cccnc1-c1cc(Cl)cc(Cl)c1Cl. The van der Waals surface area contributed by atoms with Gasteiger partial charge in [0.25, 0.3) is 0 Å². The fraction of sp³-hybridized carbons (Fsp3) is 0. The summed E-state index contributed by atoms with van der Waals surface area (Å²) < 4.78 is 0. The van der Waals surface area contributed by atoms with Gasteiger partial charge in [0.1, 0.15) is 0 Å². The van der Waals surface area contributed by atoms with Crippen molar-refractivity contribution in [3.63, 3.8) is 0 Å².